The molecule has 0 aliphatic heterocycles. The molecule has 0 saturated heterocycles. The third-order valence-corrected chi connectivity index (χ3v) is 8.45. The molecule has 1 aliphatic carbocycles. The second-order valence-corrected chi connectivity index (χ2v) is 11.0. The lowest BCUT2D eigenvalue weighted by atomic mass is 10.2. The van der Waals surface area contributed by atoms with Crippen LogP contribution in [0, 0.1) is 5.82 Å². The number of sulfone groups is 1. The summed E-state index contributed by atoms with van der Waals surface area (Å²) < 4.78 is 40.7. The number of carbonyl (C=O) groups is 1. The Bertz CT molecular complexity index is 1410. The molecular weight excluding hydrogens is 463 g/mol. The summed E-state index contributed by atoms with van der Waals surface area (Å²) in [5.41, 5.74) is 2.85. The number of nitrogens with zero attached hydrogens (tertiary/aromatic N) is 3. The second kappa shape index (κ2) is 8.68. The van der Waals surface area contributed by atoms with Crippen LogP contribution in [0.15, 0.2) is 53.4 Å². The molecule has 33 heavy (non-hydrogen) atoms. The van der Waals surface area contributed by atoms with E-state index in [0.29, 0.717) is 10.9 Å². The number of thiazole rings is 1. The summed E-state index contributed by atoms with van der Waals surface area (Å²) in [4.78, 5) is 17.4. The number of para-hydroxylation sites is 1. The predicted octanol–water partition coefficient (Wildman–Crippen LogP) is 4.30. The van der Waals surface area contributed by atoms with Crippen LogP contribution >= 0.6 is 11.3 Å². The molecule has 0 radical (unpaired) electrons. The van der Waals surface area contributed by atoms with E-state index < -0.39 is 15.7 Å². The maximum Gasteiger partial charge on any atom is 0.225 e. The van der Waals surface area contributed by atoms with Gasteiger partial charge in [-0.2, -0.15) is 9.78 Å². The predicted molar refractivity (Wildman–Crippen MR) is 125 cm³/mol. The number of benzene rings is 2. The third-order valence-electron chi connectivity index (χ3n) is 5.62. The molecule has 0 bridgehead atoms. The van der Waals surface area contributed by atoms with Crippen LogP contribution in [0.25, 0.3) is 15.3 Å². The van der Waals surface area contributed by atoms with Gasteiger partial charge in [-0.05, 0) is 62.1 Å². The number of anilines is 1. The van der Waals surface area contributed by atoms with Gasteiger partial charge in [0.15, 0.2) is 9.84 Å². The van der Waals surface area contributed by atoms with E-state index in [0.717, 1.165) is 52.9 Å². The second-order valence-electron chi connectivity index (χ2n) is 7.93. The van der Waals surface area contributed by atoms with Crippen molar-refractivity contribution in [3.8, 4) is 5.13 Å². The molecule has 2 aromatic heterocycles. The Hall–Kier alpha value is -3.11. The molecule has 170 valence electrons. The summed E-state index contributed by atoms with van der Waals surface area (Å²) in [5, 5.41) is 8.33. The summed E-state index contributed by atoms with van der Waals surface area (Å²) in [6.45, 7) is 0. The van der Waals surface area contributed by atoms with E-state index >= 15 is 0 Å². The number of carbonyl (C=O) groups excluding carboxylic acids is 1. The van der Waals surface area contributed by atoms with E-state index in [1.807, 2.05) is 24.3 Å². The lowest BCUT2D eigenvalue weighted by Crippen LogP contribution is -2.17. The Morgan fingerprint density at radius 1 is 1.12 bits per heavy atom. The number of aromatic nitrogens is 3. The summed E-state index contributed by atoms with van der Waals surface area (Å²) in [6, 6.07) is 12.5. The highest BCUT2D eigenvalue weighted by molar-refractivity contribution is 7.91. The van der Waals surface area contributed by atoms with Gasteiger partial charge in [0, 0.05) is 12.0 Å². The quantitative estimate of drug-likeness (QED) is 0.395. The van der Waals surface area contributed by atoms with E-state index in [1.165, 1.54) is 23.5 Å². The largest absolute Gasteiger partial charge is 0.310 e. The number of hydrogen-bond donors (Lipinski definition) is 1. The highest BCUT2D eigenvalue weighted by atomic mass is 32.2. The van der Waals surface area contributed by atoms with Crippen molar-refractivity contribution in [2.24, 2.45) is 0 Å². The zero-order chi connectivity index (χ0) is 23.0. The molecule has 0 fully saturated rings. The van der Waals surface area contributed by atoms with Crippen molar-refractivity contribution < 1.29 is 17.6 Å². The van der Waals surface area contributed by atoms with Gasteiger partial charge in [-0.3, -0.25) is 4.79 Å². The Kier molecular flexibility index (Phi) is 5.71. The fourth-order valence-corrected chi connectivity index (χ4v) is 6.22. The van der Waals surface area contributed by atoms with Crippen LogP contribution in [-0.2, 0) is 27.5 Å². The van der Waals surface area contributed by atoms with E-state index in [-0.39, 0.29) is 29.4 Å². The molecular formula is C23H21FN4O3S2. The molecule has 0 unspecified atom stereocenters. The van der Waals surface area contributed by atoms with Gasteiger partial charge < -0.3 is 5.32 Å². The highest BCUT2D eigenvalue weighted by Gasteiger charge is 2.26. The minimum atomic E-state index is -3.58. The first kappa shape index (κ1) is 21.7. The van der Waals surface area contributed by atoms with Crippen molar-refractivity contribution >= 4 is 43.1 Å². The number of rotatable bonds is 7. The molecule has 1 N–H and O–H groups in total. The zero-order valence-corrected chi connectivity index (χ0v) is 19.3. The summed E-state index contributed by atoms with van der Waals surface area (Å²) >= 11 is 1.50. The number of amides is 1. The standard InChI is InChI=1S/C23H21FN4O3S2/c24-15-10-12-16(13-11-15)33(30,31)14-4-9-21(29)26-22-17-5-3-7-18(17)27-28(22)23-25-19-6-1-2-8-20(19)32-23/h1-2,6,8,10-13H,3-5,7,9,14H2,(H,26,29). The normalized spacial score (nSPS) is 13.4. The molecule has 2 aromatic carbocycles. The monoisotopic (exact) mass is 484 g/mol. The van der Waals surface area contributed by atoms with E-state index in [9.17, 15) is 17.6 Å². The van der Waals surface area contributed by atoms with Crippen LogP contribution in [0.3, 0.4) is 0 Å². The van der Waals surface area contributed by atoms with Gasteiger partial charge >= 0.3 is 0 Å². The van der Waals surface area contributed by atoms with Crippen LogP contribution < -0.4 is 5.32 Å². The maximum absolute atomic E-state index is 13.1. The van der Waals surface area contributed by atoms with Crippen molar-refractivity contribution in [3.63, 3.8) is 0 Å². The zero-order valence-electron chi connectivity index (χ0n) is 17.6. The van der Waals surface area contributed by atoms with Crippen molar-refractivity contribution in [1.29, 1.82) is 0 Å². The summed E-state index contributed by atoms with van der Waals surface area (Å²) in [7, 11) is -3.58. The average molecular weight is 485 g/mol. The molecule has 7 nitrogen and oxygen atoms in total. The topological polar surface area (TPSA) is 94.0 Å². The van der Waals surface area contributed by atoms with Crippen LogP contribution in [-0.4, -0.2) is 34.8 Å². The maximum atomic E-state index is 13.1. The molecule has 1 aliphatic rings. The first-order chi connectivity index (χ1) is 15.9. The van der Waals surface area contributed by atoms with Crippen molar-refractivity contribution in [2.45, 2.75) is 37.0 Å². The fourth-order valence-electron chi connectivity index (χ4n) is 3.99. The van der Waals surface area contributed by atoms with Gasteiger partial charge in [-0.1, -0.05) is 23.5 Å². The van der Waals surface area contributed by atoms with E-state index in [2.05, 4.69) is 10.3 Å². The number of aryl methyl sites for hydroxylation is 1. The first-order valence-corrected chi connectivity index (χ1v) is 13.1. The lowest BCUT2D eigenvalue weighted by molar-refractivity contribution is -0.116. The van der Waals surface area contributed by atoms with Gasteiger partial charge in [-0.25, -0.2) is 17.8 Å². The Balaban J connectivity index is 1.31. The Morgan fingerprint density at radius 3 is 2.70 bits per heavy atom. The van der Waals surface area contributed by atoms with Crippen LogP contribution in [0.4, 0.5) is 10.2 Å². The molecule has 5 rings (SSSR count). The van der Waals surface area contributed by atoms with E-state index in [1.54, 1.807) is 4.68 Å². The fraction of sp³-hybridized carbons (Fsp3) is 0.261. The smallest absolute Gasteiger partial charge is 0.225 e. The highest BCUT2D eigenvalue weighted by Crippen LogP contribution is 2.33. The number of nitrogens with one attached hydrogen (secondary N) is 1. The molecule has 0 saturated carbocycles. The average Bonchev–Trinajstić information content (AvgIpc) is 3.49. The van der Waals surface area contributed by atoms with Crippen molar-refractivity contribution in [1.82, 2.24) is 14.8 Å². The van der Waals surface area contributed by atoms with Gasteiger partial charge in [0.2, 0.25) is 11.0 Å². The van der Waals surface area contributed by atoms with E-state index in [4.69, 9.17) is 5.10 Å². The van der Waals surface area contributed by atoms with Crippen LogP contribution in [0.5, 0.6) is 0 Å². The first-order valence-electron chi connectivity index (χ1n) is 10.7. The molecule has 1 amide bonds. The number of hydrogen-bond acceptors (Lipinski definition) is 6. The minimum Gasteiger partial charge on any atom is -0.310 e. The molecule has 0 atom stereocenters. The lowest BCUT2D eigenvalue weighted by Gasteiger charge is -2.09. The van der Waals surface area contributed by atoms with Crippen molar-refractivity contribution in [2.75, 3.05) is 11.1 Å². The van der Waals surface area contributed by atoms with Crippen molar-refractivity contribution in [3.05, 3.63) is 65.6 Å². The van der Waals surface area contributed by atoms with Gasteiger partial charge in [-0.15, -0.1) is 0 Å². The number of halogens is 1. The Labute approximate surface area is 194 Å². The van der Waals surface area contributed by atoms with Crippen LogP contribution in [0.2, 0.25) is 0 Å². The van der Waals surface area contributed by atoms with Gasteiger partial charge in [0.1, 0.15) is 11.6 Å². The summed E-state index contributed by atoms with van der Waals surface area (Å²) in [6.07, 6.45) is 2.86. The summed E-state index contributed by atoms with van der Waals surface area (Å²) in [5.74, 6) is -0.346. The van der Waals surface area contributed by atoms with Gasteiger partial charge in [0.25, 0.3) is 0 Å². The molecule has 2 heterocycles. The minimum absolute atomic E-state index is 0.0419. The molecule has 0 spiro atoms. The molecule has 4 aromatic rings. The van der Waals surface area contributed by atoms with Gasteiger partial charge in [0.05, 0.1) is 26.6 Å². The Morgan fingerprint density at radius 2 is 1.91 bits per heavy atom. The SMILES string of the molecule is O=C(CCCS(=O)(=O)c1ccc(F)cc1)Nc1c2c(nn1-c1nc3ccccc3s1)CCC2. The third kappa shape index (κ3) is 4.40. The number of fused-ring (bicyclic) bond motifs is 2. The molecule has 10 heteroatoms. The van der Waals surface area contributed by atoms with Crippen LogP contribution in [0.1, 0.15) is 30.5 Å².